The molecule has 4 atom stereocenters. The molecular formula is C16H30O6. The first-order valence-electron chi connectivity index (χ1n) is 8.35. The van der Waals surface area contributed by atoms with Crippen molar-refractivity contribution in [2.24, 2.45) is 0 Å². The van der Waals surface area contributed by atoms with Crippen molar-refractivity contribution >= 4 is 5.97 Å². The third-order valence-electron chi connectivity index (χ3n) is 4.00. The molecule has 6 nitrogen and oxygen atoms in total. The van der Waals surface area contributed by atoms with Gasteiger partial charge in [-0.2, -0.15) is 0 Å². The second-order valence-electron chi connectivity index (χ2n) is 6.07. The highest BCUT2D eigenvalue weighted by Crippen LogP contribution is 2.21. The molecule has 22 heavy (non-hydrogen) atoms. The Balaban J connectivity index is 1.92. The molecule has 1 saturated heterocycles. The Morgan fingerprint density at radius 3 is 2.27 bits per heavy atom. The van der Waals surface area contributed by atoms with Crippen LogP contribution in [0.2, 0.25) is 0 Å². The van der Waals surface area contributed by atoms with E-state index in [0.29, 0.717) is 13.0 Å². The van der Waals surface area contributed by atoms with Gasteiger partial charge in [-0.3, -0.25) is 4.79 Å². The quantitative estimate of drug-likeness (QED) is 0.505. The van der Waals surface area contributed by atoms with E-state index in [9.17, 15) is 15.0 Å². The minimum atomic E-state index is -0.763. The van der Waals surface area contributed by atoms with Gasteiger partial charge in [-0.25, -0.2) is 0 Å². The van der Waals surface area contributed by atoms with Gasteiger partial charge in [-0.05, 0) is 19.8 Å². The molecule has 0 saturated carbocycles. The number of carboxylic acids is 1. The van der Waals surface area contributed by atoms with E-state index in [0.717, 1.165) is 44.9 Å². The van der Waals surface area contributed by atoms with Crippen molar-refractivity contribution in [3.05, 3.63) is 0 Å². The van der Waals surface area contributed by atoms with Crippen molar-refractivity contribution in [3.63, 3.8) is 0 Å². The molecule has 0 radical (unpaired) electrons. The highest BCUT2D eigenvalue weighted by Gasteiger charge is 2.34. The molecule has 0 aromatic carbocycles. The summed E-state index contributed by atoms with van der Waals surface area (Å²) in [6, 6.07) is 0. The zero-order chi connectivity index (χ0) is 16.4. The lowest BCUT2D eigenvalue weighted by molar-refractivity contribution is -0.261. The van der Waals surface area contributed by atoms with Crippen molar-refractivity contribution in [1.29, 1.82) is 0 Å². The molecule has 1 fully saturated rings. The monoisotopic (exact) mass is 318 g/mol. The third-order valence-corrected chi connectivity index (χ3v) is 4.00. The molecule has 0 bridgehead atoms. The molecule has 0 aromatic heterocycles. The van der Waals surface area contributed by atoms with Crippen LogP contribution in [0, 0.1) is 0 Å². The number of rotatable bonds is 11. The summed E-state index contributed by atoms with van der Waals surface area (Å²) in [5.41, 5.74) is 0. The Bertz CT molecular complexity index is 309. The summed E-state index contributed by atoms with van der Waals surface area (Å²) >= 11 is 0. The van der Waals surface area contributed by atoms with Crippen molar-refractivity contribution in [2.45, 2.75) is 89.3 Å². The number of aliphatic hydroxyl groups excluding tert-OH is 2. The highest BCUT2D eigenvalue weighted by atomic mass is 16.7. The maximum Gasteiger partial charge on any atom is 0.303 e. The van der Waals surface area contributed by atoms with Crippen LogP contribution in [0.5, 0.6) is 0 Å². The van der Waals surface area contributed by atoms with Gasteiger partial charge in [-0.15, -0.1) is 0 Å². The van der Waals surface area contributed by atoms with E-state index in [1.54, 1.807) is 6.92 Å². The third kappa shape index (κ3) is 8.08. The van der Waals surface area contributed by atoms with Crippen molar-refractivity contribution in [1.82, 2.24) is 0 Å². The smallest absolute Gasteiger partial charge is 0.303 e. The van der Waals surface area contributed by atoms with Crippen molar-refractivity contribution in [2.75, 3.05) is 6.61 Å². The van der Waals surface area contributed by atoms with Crippen molar-refractivity contribution < 1.29 is 29.6 Å². The number of aliphatic hydroxyl groups is 2. The average Bonchev–Trinajstić information content (AvgIpc) is 2.45. The second kappa shape index (κ2) is 10.9. The van der Waals surface area contributed by atoms with Gasteiger partial charge >= 0.3 is 5.97 Å². The van der Waals surface area contributed by atoms with E-state index in [-0.39, 0.29) is 12.5 Å². The number of hydrogen-bond donors (Lipinski definition) is 3. The van der Waals surface area contributed by atoms with Crippen LogP contribution in [0.4, 0.5) is 0 Å². The first-order chi connectivity index (χ1) is 10.5. The Labute approximate surface area is 132 Å². The fourth-order valence-corrected chi connectivity index (χ4v) is 2.56. The normalized spacial score (nSPS) is 28.7. The Hall–Kier alpha value is -0.690. The van der Waals surface area contributed by atoms with E-state index in [1.165, 1.54) is 0 Å². The van der Waals surface area contributed by atoms with E-state index in [1.807, 2.05) is 0 Å². The predicted molar refractivity (Wildman–Crippen MR) is 81.5 cm³/mol. The van der Waals surface area contributed by atoms with Crippen LogP contribution in [0.1, 0.15) is 64.7 Å². The summed E-state index contributed by atoms with van der Waals surface area (Å²) in [7, 11) is 0. The van der Waals surface area contributed by atoms with Gasteiger partial charge in [0.05, 0.1) is 12.2 Å². The summed E-state index contributed by atoms with van der Waals surface area (Å²) in [6.45, 7) is 2.32. The van der Waals surface area contributed by atoms with Crippen LogP contribution >= 0.6 is 0 Å². The predicted octanol–water partition coefficient (Wildman–Crippen LogP) is 2.07. The van der Waals surface area contributed by atoms with Crippen LogP contribution in [0.25, 0.3) is 0 Å². The SMILES string of the molecule is C[C@@H]1O[C@@H](OCCCCCCCCCC(=O)O)[C@H](O)C[C@H]1O. The number of hydrogen-bond acceptors (Lipinski definition) is 5. The number of carbonyl (C=O) groups is 1. The molecule has 1 rings (SSSR count). The molecule has 0 aromatic rings. The zero-order valence-corrected chi connectivity index (χ0v) is 13.4. The maximum absolute atomic E-state index is 10.3. The number of unbranched alkanes of at least 4 members (excludes halogenated alkanes) is 6. The Morgan fingerprint density at radius 2 is 1.64 bits per heavy atom. The highest BCUT2D eigenvalue weighted by molar-refractivity contribution is 5.66. The molecule has 0 spiro atoms. The minimum Gasteiger partial charge on any atom is -0.481 e. The van der Waals surface area contributed by atoms with Gasteiger partial charge in [0.25, 0.3) is 0 Å². The van der Waals surface area contributed by atoms with Crippen LogP contribution in [0.3, 0.4) is 0 Å². The molecule has 0 aliphatic carbocycles. The van der Waals surface area contributed by atoms with E-state index >= 15 is 0 Å². The molecule has 6 heteroatoms. The standard InChI is InChI=1S/C16H30O6/c1-12-13(17)11-14(18)16(22-12)21-10-8-6-4-2-3-5-7-9-15(19)20/h12-14,16-18H,2-11H2,1H3,(H,19,20)/t12-,13+,14+,16+/m0/s1. The summed E-state index contributed by atoms with van der Waals surface area (Å²) in [4.78, 5) is 10.3. The number of carboxylic acid groups (broad SMARTS) is 1. The van der Waals surface area contributed by atoms with Gasteiger partial charge in [0.15, 0.2) is 6.29 Å². The van der Waals surface area contributed by atoms with E-state index in [4.69, 9.17) is 14.6 Å². The minimum absolute atomic E-state index is 0.269. The average molecular weight is 318 g/mol. The maximum atomic E-state index is 10.3. The lowest BCUT2D eigenvalue weighted by atomic mass is 10.0. The molecule has 0 unspecified atom stereocenters. The lowest BCUT2D eigenvalue weighted by Gasteiger charge is -2.35. The summed E-state index contributed by atoms with van der Waals surface area (Å²) < 4.78 is 11.0. The van der Waals surface area contributed by atoms with E-state index < -0.39 is 24.5 Å². The second-order valence-corrected chi connectivity index (χ2v) is 6.07. The van der Waals surface area contributed by atoms with Crippen molar-refractivity contribution in [3.8, 4) is 0 Å². The molecular weight excluding hydrogens is 288 g/mol. The fraction of sp³-hybridized carbons (Fsp3) is 0.938. The van der Waals surface area contributed by atoms with Crippen LogP contribution < -0.4 is 0 Å². The lowest BCUT2D eigenvalue weighted by Crippen LogP contribution is -2.47. The molecule has 3 N–H and O–H groups in total. The zero-order valence-electron chi connectivity index (χ0n) is 13.4. The Morgan fingerprint density at radius 1 is 1.05 bits per heavy atom. The van der Waals surface area contributed by atoms with Gasteiger partial charge in [0, 0.05) is 19.4 Å². The molecule has 1 aliphatic heterocycles. The van der Waals surface area contributed by atoms with Gasteiger partial charge < -0.3 is 24.8 Å². The van der Waals surface area contributed by atoms with Gasteiger partial charge in [0.2, 0.25) is 0 Å². The van der Waals surface area contributed by atoms with Crippen LogP contribution in [-0.2, 0) is 14.3 Å². The summed E-state index contributed by atoms with van der Waals surface area (Å²) in [6.07, 6.45) is 5.25. The molecule has 1 heterocycles. The molecule has 0 amide bonds. The van der Waals surface area contributed by atoms with E-state index in [2.05, 4.69) is 0 Å². The molecule has 130 valence electrons. The topological polar surface area (TPSA) is 96.2 Å². The first-order valence-corrected chi connectivity index (χ1v) is 8.35. The van der Waals surface area contributed by atoms with Gasteiger partial charge in [-0.1, -0.05) is 32.1 Å². The Kier molecular flexibility index (Phi) is 9.63. The van der Waals surface area contributed by atoms with Crippen LogP contribution in [0.15, 0.2) is 0 Å². The summed E-state index contributed by atoms with van der Waals surface area (Å²) in [5.74, 6) is -0.717. The summed E-state index contributed by atoms with van der Waals surface area (Å²) in [5, 5.41) is 27.8. The molecule has 1 aliphatic rings. The number of aliphatic carboxylic acids is 1. The number of ether oxygens (including phenoxy) is 2. The van der Waals surface area contributed by atoms with Crippen LogP contribution in [-0.4, -0.2) is 52.5 Å². The fourth-order valence-electron chi connectivity index (χ4n) is 2.56. The van der Waals surface area contributed by atoms with Gasteiger partial charge in [0.1, 0.15) is 6.10 Å². The first kappa shape index (κ1) is 19.4. The largest absolute Gasteiger partial charge is 0.481 e.